The molecule has 2 rings (SSSR count). The van der Waals surface area contributed by atoms with Gasteiger partial charge in [0.05, 0.1) is 23.6 Å². The largest absolute Gasteiger partial charge is 0.386 e. The molecule has 1 aromatic heterocycles. The molecule has 1 saturated heterocycles. The topological polar surface area (TPSA) is 40.5 Å². The summed E-state index contributed by atoms with van der Waals surface area (Å²) in [5.74, 6) is 0.0798. The number of amides is 1. The highest BCUT2D eigenvalue weighted by Gasteiger charge is 2.43. The lowest BCUT2D eigenvalue weighted by Gasteiger charge is -2.46. The lowest BCUT2D eigenvalue weighted by molar-refractivity contribution is -0.0858. The van der Waals surface area contributed by atoms with Crippen LogP contribution in [0.1, 0.15) is 53.2 Å². The first-order chi connectivity index (χ1) is 8.99. The summed E-state index contributed by atoms with van der Waals surface area (Å²) in [4.78, 5) is 16.1. The fraction of sp³-hybridized carbons (Fsp3) is 0.667. The molecular weight excluding hydrogens is 258 g/mol. The van der Waals surface area contributed by atoms with Crippen molar-refractivity contribution >= 4 is 17.2 Å². The Bertz CT molecular complexity index is 461. The first-order valence-corrected chi connectivity index (χ1v) is 7.91. The molecule has 1 N–H and O–H groups in total. The summed E-state index contributed by atoms with van der Waals surface area (Å²) in [7, 11) is 0. The normalized spacial score (nSPS) is 17.4. The number of likely N-dealkylation sites (tertiary alicyclic amines) is 1. The van der Waals surface area contributed by atoms with Crippen molar-refractivity contribution in [2.45, 2.75) is 52.1 Å². The Morgan fingerprint density at radius 1 is 1.42 bits per heavy atom. The van der Waals surface area contributed by atoms with Gasteiger partial charge in [0.2, 0.25) is 0 Å². The van der Waals surface area contributed by atoms with E-state index >= 15 is 0 Å². The molecule has 1 aliphatic rings. The van der Waals surface area contributed by atoms with Gasteiger partial charge in [0.15, 0.2) is 0 Å². The predicted octanol–water partition coefficient (Wildman–Crippen LogP) is 3.00. The Hall–Kier alpha value is -0.870. The Kier molecular flexibility index (Phi) is 4.31. The van der Waals surface area contributed by atoms with Crippen molar-refractivity contribution in [3.63, 3.8) is 0 Å². The number of hydrogen-bond donors (Lipinski definition) is 1. The van der Waals surface area contributed by atoms with Crippen LogP contribution in [0.15, 0.2) is 6.07 Å². The highest BCUT2D eigenvalue weighted by Crippen LogP contribution is 2.30. The molecule has 0 unspecified atom stereocenters. The van der Waals surface area contributed by atoms with Crippen LogP contribution in [0.25, 0.3) is 0 Å². The fourth-order valence-corrected chi connectivity index (χ4v) is 3.77. The number of hydrogen-bond acceptors (Lipinski definition) is 3. The number of β-amino-alcohol motifs (C(OH)–C–C–N with tert-alkyl or cyclic N) is 1. The second kappa shape index (κ2) is 5.63. The van der Waals surface area contributed by atoms with E-state index < -0.39 is 5.60 Å². The monoisotopic (exact) mass is 281 g/mol. The second-order valence-corrected chi connectivity index (χ2v) is 6.83. The van der Waals surface area contributed by atoms with E-state index in [2.05, 4.69) is 20.8 Å². The van der Waals surface area contributed by atoms with Gasteiger partial charge in [-0.1, -0.05) is 26.7 Å². The molecular formula is C15H23NO2S. The Balaban J connectivity index is 2.00. The van der Waals surface area contributed by atoms with Crippen LogP contribution in [0.3, 0.4) is 0 Å². The summed E-state index contributed by atoms with van der Waals surface area (Å²) in [5.41, 5.74) is 0.656. The molecule has 0 radical (unpaired) electrons. The van der Waals surface area contributed by atoms with Gasteiger partial charge in [0.1, 0.15) is 0 Å². The maximum absolute atomic E-state index is 12.3. The van der Waals surface area contributed by atoms with Gasteiger partial charge in [-0.25, -0.2) is 0 Å². The van der Waals surface area contributed by atoms with E-state index in [-0.39, 0.29) is 5.91 Å². The molecule has 1 fully saturated rings. The maximum Gasteiger partial charge on any atom is 0.264 e. The van der Waals surface area contributed by atoms with Gasteiger partial charge in [-0.2, -0.15) is 0 Å². The zero-order valence-corrected chi connectivity index (χ0v) is 12.8. The van der Waals surface area contributed by atoms with Gasteiger partial charge in [-0.15, -0.1) is 11.3 Å². The van der Waals surface area contributed by atoms with Gasteiger partial charge in [-0.05, 0) is 31.4 Å². The third kappa shape index (κ3) is 3.00. The Morgan fingerprint density at radius 2 is 2.11 bits per heavy atom. The van der Waals surface area contributed by atoms with Crippen molar-refractivity contribution in [3.8, 4) is 0 Å². The molecule has 1 aliphatic heterocycles. The predicted molar refractivity (Wildman–Crippen MR) is 78.8 cm³/mol. The quantitative estimate of drug-likeness (QED) is 0.901. The van der Waals surface area contributed by atoms with Crippen LogP contribution < -0.4 is 0 Å². The van der Waals surface area contributed by atoms with E-state index in [0.29, 0.717) is 13.1 Å². The molecule has 1 amide bonds. The highest BCUT2D eigenvalue weighted by molar-refractivity contribution is 7.14. The van der Waals surface area contributed by atoms with Gasteiger partial charge < -0.3 is 10.0 Å². The number of carbonyl (C=O) groups excluding carboxylic acids is 1. The van der Waals surface area contributed by atoms with Gasteiger partial charge >= 0.3 is 0 Å². The molecule has 1 aromatic rings. The molecule has 4 heteroatoms. The lowest BCUT2D eigenvalue weighted by Crippen LogP contribution is -2.63. The first-order valence-electron chi connectivity index (χ1n) is 7.10. The average molecular weight is 281 g/mol. The minimum Gasteiger partial charge on any atom is -0.386 e. The zero-order chi connectivity index (χ0) is 14.0. The standard InChI is InChI=1S/C15H23NO2S/c1-4-6-12-8-13(19-11(12)3)14(17)16-9-15(18,10-16)7-5-2/h8,18H,4-7,9-10H2,1-3H3. The van der Waals surface area contributed by atoms with E-state index in [9.17, 15) is 9.90 Å². The van der Waals surface area contributed by atoms with E-state index in [1.54, 1.807) is 16.2 Å². The Morgan fingerprint density at radius 3 is 2.68 bits per heavy atom. The molecule has 0 aromatic carbocycles. The first kappa shape index (κ1) is 14.5. The summed E-state index contributed by atoms with van der Waals surface area (Å²) in [5, 5.41) is 10.1. The van der Waals surface area contributed by atoms with Crippen LogP contribution in [-0.2, 0) is 6.42 Å². The third-order valence-corrected chi connectivity index (χ3v) is 4.80. The van der Waals surface area contributed by atoms with E-state index in [0.717, 1.165) is 30.6 Å². The van der Waals surface area contributed by atoms with Crippen molar-refractivity contribution in [2.24, 2.45) is 0 Å². The number of nitrogens with zero attached hydrogens (tertiary/aromatic N) is 1. The van der Waals surface area contributed by atoms with Crippen LogP contribution in [0, 0.1) is 6.92 Å². The van der Waals surface area contributed by atoms with E-state index in [4.69, 9.17) is 0 Å². The van der Waals surface area contributed by atoms with Crippen molar-refractivity contribution in [2.75, 3.05) is 13.1 Å². The smallest absolute Gasteiger partial charge is 0.264 e. The van der Waals surface area contributed by atoms with Crippen LogP contribution in [-0.4, -0.2) is 34.6 Å². The van der Waals surface area contributed by atoms with Crippen LogP contribution in [0.5, 0.6) is 0 Å². The maximum atomic E-state index is 12.3. The molecule has 0 bridgehead atoms. The minimum atomic E-state index is -0.636. The SMILES string of the molecule is CCCc1cc(C(=O)N2CC(O)(CCC)C2)sc1C. The molecule has 3 nitrogen and oxygen atoms in total. The molecule has 19 heavy (non-hydrogen) atoms. The van der Waals surface area contributed by atoms with E-state index in [1.807, 2.05) is 6.07 Å². The number of thiophene rings is 1. The summed E-state index contributed by atoms with van der Waals surface area (Å²) < 4.78 is 0. The van der Waals surface area contributed by atoms with Crippen molar-refractivity contribution < 1.29 is 9.90 Å². The van der Waals surface area contributed by atoms with Gasteiger partial charge in [-0.3, -0.25) is 4.79 Å². The Labute approximate surface area is 119 Å². The zero-order valence-electron chi connectivity index (χ0n) is 12.0. The molecule has 2 heterocycles. The highest BCUT2D eigenvalue weighted by atomic mass is 32.1. The van der Waals surface area contributed by atoms with Gasteiger partial charge in [0, 0.05) is 4.88 Å². The van der Waals surface area contributed by atoms with Crippen molar-refractivity contribution in [1.82, 2.24) is 4.90 Å². The molecule has 106 valence electrons. The number of rotatable bonds is 5. The van der Waals surface area contributed by atoms with Gasteiger partial charge in [0.25, 0.3) is 5.91 Å². The number of carbonyl (C=O) groups is 1. The third-order valence-electron chi connectivity index (χ3n) is 3.72. The summed E-state index contributed by atoms with van der Waals surface area (Å²) >= 11 is 1.58. The molecule has 0 spiro atoms. The molecule has 0 aliphatic carbocycles. The molecule has 0 saturated carbocycles. The van der Waals surface area contributed by atoms with Crippen LogP contribution in [0.4, 0.5) is 0 Å². The minimum absolute atomic E-state index is 0.0798. The second-order valence-electron chi connectivity index (χ2n) is 5.58. The van der Waals surface area contributed by atoms with Crippen LogP contribution in [0.2, 0.25) is 0 Å². The molecule has 0 atom stereocenters. The van der Waals surface area contributed by atoms with Crippen molar-refractivity contribution in [1.29, 1.82) is 0 Å². The lowest BCUT2D eigenvalue weighted by atomic mass is 9.89. The van der Waals surface area contributed by atoms with Crippen molar-refractivity contribution in [3.05, 3.63) is 21.4 Å². The number of aryl methyl sites for hydroxylation is 2. The van der Waals surface area contributed by atoms with E-state index in [1.165, 1.54) is 10.4 Å². The number of aliphatic hydroxyl groups is 1. The summed E-state index contributed by atoms with van der Waals surface area (Å²) in [6.45, 7) is 7.26. The average Bonchev–Trinajstić information content (AvgIpc) is 2.68. The van der Waals surface area contributed by atoms with Crippen LogP contribution >= 0.6 is 11.3 Å². The summed E-state index contributed by atoms with van der Waals surface area (Å²) in [6.07, 6.45) is 3.87. The summed E-state index contributed by atoms with van der Waals surface area (Å²) in [6, 6.07) is 2.03. The fourth-order valence-electron chi connectivity index (χ4n) is 2.73.